The van der Waals surface area contributed by atoms with Crippen LogP contribution in [-0.4, -0.2) is 14.1 Å². The van der Waals surface area contributed by atoms with Crippen LogP contribution in [0.1, 0.15) is 109 Å². The third-order valence-electron chi connectivity index (χ3n) is 5.55. The maximum Gasteiger partial charge on any atom is 0.277 e. The molecule has 27 heavy (non-hydrogen) atoms. The summed E-state index contributed by atoms with van der Waals surface area (Å²) in [6, 6.07) is 4.12. The second-order valence-corrected chi connectivity index (χ2v) is 10.4. The summed E-state index contributed by atoms with van der Waals surface area (Å²) in [5.74, 6) is 0.940. The van der Waals surface area contributed by atoms with Crippen LogP contribution >= 0.6 is 0 Å². The number of nitrogens with one attached hydrogen (secondary N) is 1. The van der Waals surface area contributed by atoms with E-state index in [4.69, 9.17) is 0 Å². The Kier molecular flexibility index (Phi) is 7.12. The number of benzene rings is 1. The van der Waals surface area contributed by atoms with Crippen LogP contribution < -0.4 is 4.83 Å². The summed E-state index contributed by atoms with van der Waals surface area (Å²) in [4.78, 5) is 3.00. The molecule has 1 fully saturated rings. The Morgan fingerprint density at radius 1 is 0.963 bits per heavy atom. The highest BCUT2D eigenvalue weighted by Gasteiger charge is 2.27. The fraction of sp³-hybridized carbons (Fsp3) is 0.682. The smallest absolute Gasteiger partial charge is 0.200 e. The Balaban J connectivity index is 2.55. The van der Waals surface area contributed by atoms with E-state index in [0.717, 1.165) is 36.1 Å². The molecule has 0 saturated heterocycles. The van der Waals surface area contributed by atoms with Crippen molar-refractivity contribution in [2.24, 2.45) is 11.0 Å². The van der Waals surface area contributed by atoms with E-state index in [1.54, 1.807) is 0 Å². The molecular formula is C22H36N2O2S. The van der Waals surface area contributed by atoms with Gasteiger partial charge in [-0.3, -0.25) is 0 Å². The van der Waals surface area contributed by atoms with E-state index < -0.39 is 10.0 Å². The largest absolute Gasteiger partial charge is 0.277 e. The summed E-state index contributed by atoms with van der Waals surface area (Å²) in [6.07, 6.45) is 4.24. The quantitative estimate of drug-likeness (QED) is 0.613. The van der Waals surface area contributed by atoms with E-state index >= 15 is 0 Å². The standard InChI is InChI=1S/C22H36N2O2S/c1-14(2)18-12-19(15(3)4)22(20(13-18)16(5)6)27(25,26)24-23-21-11-9-8-10-17(21)7/h12-17,24H,8-11H2,1-7H3/b23-21-/t17-/m0/s1. The summed E-state index contributed by atoms with van der Waals surface area (Å²) in [7, 11) is -3.71. The fourth-order valence-electron chi connectivity index (χ4n) is 3.70. The summed E-state index contributed by atoms with van der Waals surface area (Å²) in [5, 5.41) is 4.35. The lowest BCUT2D eigenvalue weighted by Crippen LogP contribution is -2.26. The van der Waals surface area contributed by atoms with Gasteiger partial charge < -0.3 is 0 Å². The first-order chi connectivity index (χ1) is 12.5. The molecule has 0 unspecified atom stereocenters. The van der Waals surface area contributed by atoms with Crippen LogP contribution in [0.15, 0.2) is 22.1 Å². The van der Waals surface area contributed by atoms with Crippen molar-refractivity contribution < 1.29 is 8.42 Å². The van der Waals surface area contributed by atoms with Gasteiger partial charge in [0, 0.05) is 5.71 Å². The lowest BCUT2D eigenvalue weighted by molar-refractivity contribution is 0.551. The number of hydrogen-bond acceptors (Lipinski definition) is 3. The zero-order valence-corrected chi connectivity index (χ0v) is 18.8. The maximum absolute atomic E-state index is 13.3. The summed E-state index contributed by atoms with van der Waals surface area (Å²) in [6.45, 7) is 14.6. The van der Waals surface area contributed by atoms with E-state index in [9.17, 15) is 8.42 Å². The van der Waals surface area contributed by atoms with E-state index in [0.29, 0.717) is 16.7 Å². The highest BCUT2D eigenvalue weighted by molar-refractivity contribution is 7.89. The van der Waals surface area contributed by atoms with Crippen molar-refractivity contribution in [1.82, 2.24) is 4.83 Å². The lowest BCUT2D eigenvalue weighted by atomic mass is 9.89. The maximum atomic E-state index is 13.3. The number of hydrogen-bond donors (Lipinski definition) is 1. The third-order valence-corrected chi connectivity index (χ3v) is 6.89. The minimum atomic E-state index is -3.71. The molecule has 0 aromatic heterocycles. The predicted octanol–water partition coefficient (Wildman–Crippen LogP) is 5.90. The van der Waals surface area contributed by atoms with Gasteiger partial charge in [-0.2, -0.15) is 13.5 Å². The molecule has 152 valence electrons. The second kappa shape index (κ2) is 8.76. The SMILES string of the molecule is CC(C)c1cc(C(C)C)c(S(=O)(=O)N/N=C2/CCCC[C@@H]2C)c(C(C)C)c1. The van der Waals surface area contributed by atoms with Crippen LogP contribution in [0.4, 0.5) is 0 Å². The van der Waals surface area contributed by atoms with Crippen molar-refractivity contribution in [3.05, 3.63) is 28.8 Å². The molecule has 1 aromatic rings. The van der Waals surface area contributed by atoms with Crippen LogP contribution in [0.3, 0.4) is 0 Å². The first kappa shape index (κ1) is 21.9. The van der Waals surface area contributed by atoms with Gasteiger partial charge in [-0.1, -0.05) is 67.0 Å². The average molecular weight is 393 g/mol. The van der Waals surface area contributed by atoms with E-state index in [-0.39, 0.29) is 11.8 Å². The average Bonchev–Trinajstić information content (AvgIpc) is 2.59. The Labute approximate surface area is 165 Å². The molecule has 0 bridgehead atoms. The molecule has 0 amide bonds. The molecule has 1 saturated carbocycles. The predicted molar refractivity (Wildman–Crippen MR) is 114 cm³/mol. The molecule has 4 nitrogen and oxygen atoms in total. The molecular weight excluding hydrogens is 356 g/mol. The van der Waals surface area contributed by atoms with E-state index in [2.05, 4.69) is 70.5 Å². The normalized spacial score (nSPS) is 20.1. The Morgan fingerprint density at radius 2 is 1.52 bits per heavy atom. The zero-order valence-electron chi connectivity index (χ0n) is 18.0. The van der Waals surface area contributed by atoms with Gasteiger partial charge >= 0.3 is 0 Å². The van der Waals surface area contributed by atoms with Crippen LogP contribution in [-0.2, 0) is 10.0 Å². The van der Waals surface area contributed by atoms with Crippen LogP contribution in [0.5, 0.6) is 0 Å². The minimum absolute atomic E-state index is 0.119. The van der Waals surface area contributed by atoms with Crippen LogP contribution in [0.2, 0.25) is 0 Å². The van der Waals surface area contributed by atoms with E-state index in [1.165, 1.54) is 12.0 Å². The number of hydrazone groups is 1. The van der Waals surface area contributed by atoms with Crippen LogP contribution in [0.25, 0.3) is 0 Å². The molecule has 0 aliphatic heterocycles. The molecule has 1 aliphatic carbocycles. The molecule has 0 spiro atoms. The van der Waals surface area contributed by atoms with Crippen molar-refractivity contribution >= 4 is 15.7 Å². The zero-order chi connectivity index (χ0) is 20.4. The number of nitrogens with zero attached hydrogens (tertiary/aromatic N) is 1. The van der Waals surface area contributed by atoms with Gasteiger partial charge in [-0.15, -0.1) is 0 Å². The van der Waals surface area contributed by atoms with Gasteiger partial charge in [0.05, 0.1) is 4.90 Å². The molecule has 1 atom stereocenters. The second-order valence-electron chi connectivity index (χ2n) is 8.84. The van der Waals surface area contributed by atoms with Gasteiger partial charge in [0.2, 0.25) is 0 Å². The molecule has 0 heterocycles. The van der Waals surface area contributed by atoms with E-state index in [1.807, 2.05) is 0 Å². The van der Waals surface area contributed by atoms with Crippen molar-refractivity contribution in [2.75, 3.05) is 0 Å². The fourth-order valence-corrected chi connectivity index (χ4v) is 5.24. The molecule has 1 aromatic carbocycles. The van der Waals surface area contributed by atoms with Crippen LogP contribution in [0, 0.1) is 5.92 Å². The third kappa shape index (κ3) is 5.13. The molecule has 5 heteroatoms. The monoisotopic (exact) mass is 392 g/mol. The first-order valence-corrected chi connectivity index (χ1v) is 11.8. The molecule has 1 aliphatic rings. The molecule has 1 N–H and O–H groups in total. The van der Waals surface area contributed by atoms with Crippen molar-refractivity contribution in [3.63, 3.8) is 0 Å². The molecule has 0 radical (unpaired) electrons. The Hall–Kier alpha value is -1.36. The summed E-state index contributed by atoms with van der Waals surface area (Å²) < 4.78 is 26.6. The highest BCUT2D eigenvalue weighted by Crippen LogP contribution is 2.35. The molecule has 2 rings (SSSR count). The lowest BCUT2D eigenvalue weighted by Gasteiger charge is -2.23. The van der Waals surface area contributed by atoms with Gasteiger partial charge in [-0.05, 0) is 59.6 Å². The Bertz CT molecular complexity index is 764. The minimum Gasteiger partial charge on any atom is -0.200 e. The van der Waals surface area contributed by atoms with Gasteiger partial charge in [0.25, 0.3) is 10.0 Å². The number of rotatable bonds is 6. The van der Waals surface area contributed by atoms with Gasteiger partial charge in [-0.25, -0.2) is 4.83 Å². The topological polar surface area (TPSA) is 58.5 Å². The van der Waals surface area contributed by atoms with Crippen molar-refractivity contribution in [1.29, 1.82) is 0 Å². The van der Waals surface area contributed by atoms with Crippen molar-refractivity contribution in [2.45, 2.75) is 96.8 Å². The summed E-state index contributed by atoms with van der Waals surface area (Å²) in [5.41, 5.74) is 3.93. The summed E-state index contributed by atoms with van der Waals surface area (Å²) >= 11 is 0. The van der Waals surface area contributed by atoms with Gasteiger partial charge in [0.1, 0.15) is 0 Å². The van der Waals surface area contributed by atoms with Gasteiger partial charge in [0.15, 0.2) is 0 Å². The highest BCUT2D eigenvalue weighted by atomic mass is 32.2. The number of sulfonamides is 1. The first-order valence-electron chi connectivity index (χ1n) is 10.3. The Morgan fingerprint density at radius 3 is 1.96 bits per heavy atom. The van der Waals surface area contributed by atoms with Crippen molar-refractivity contribution in [3.8, 4) is 0 Å².